The lowest BCUT2D eigenvalue weighted by Gasteiger charge is -2.10. The first kappa shape index (κ1) is 20.0. The zero-order valence-corrected chi connectivity index (χ0v) is 16.1. The molecule has 0 saturated carbocycles. The van der Waals surface area contributed by atoms with Gasteiger partial charge in [-0.15, -0.1) is 0 Å². The highest BCUT2D eigenvalue weighted by Crippen LogP contribution is 2.31. The van der Waals surface area contributed by atoms with Crippen LogP contribution < -0.4 is 4.74 Å². The van der Waals surface area contributed by atoms with Crippen LogP contribution in [-0.2, 0) is 6.42 Å². The molecule has 3 aromatic rings. The fourth-order valence-corrected chi connectivity index (χ4v) is 3.28. The van der Waals surface area contributed by atoms with Gasteiger partial charge in [0.05, 0.1) is 7.11 Å². The lowest BCUT2D eigenvalue weighted by molar-refractivity contribution is 0.386. The van der Waals surface area contributed by atoms with Gasteiger partial charge in [-0.3, -0.25) is 0 Å². The van der Waals surface area contributed by atoms with Crippen LogP contribution in [0, 0.1) is 17.5 Å². The fraction of sp³-hybridized carbons (Fsp3) is 0.250. The molecule has 0 unspecified atom stereocenters. The van der Waals surface area contributed by atoms with Crippen LogP contribution in [0.3, 0.4) is 0 Å². The smallest absolute Gasteiger partial charge is 0.165 e. The summed E-state index contributed by atoms with van der Waals surface area (Å²) in [6.07, 6.45) is 4.09. The van der Waals surface area contributed by atoms with Gasteiger partial charge in [-0.05, 0) is 53.8 Å². The Hall–Kier alpha value is -2.75. The molecule has 0 spiro atoms. The second-order valence-electron chi connectivity index (χ2n) is 6.82. The van der Waals surface area contributed by atoms with E-state index in [1.807, 2.05) is 6.07 Å². The van der Waals surface area contributed by atoms with Crippen molar-refractivity contribution in [2.75, 3.05) is 7.11 Å². The van der Waals surface area contributed by atoms with Crippen molar-refractivity contribution in [1.82, 2.24) is 0 Å². The number of hydrogen-bond donors (Lipinski definition) is 0. The summed E-state index contributed by atoms with van der Waals surface area (Å²) in [4.78, 5) is 0. The van der Waals surface area contributed by atoms with Crippen LogP contribution in [0.2, 0.25) is 0 Å². The van der Waals surface area contributed by atoms with Crippen LogP contribution >= 0.6 is 0 Å². The van der Waals surface area contributed by atoms with Gasteiger partial charge in [0.2, 0.25) is 0 Å². The third-order valence-corrected chi connectivity index (χ3v) is 4.85. The van der Waals surface area contributed by atoms with E-state index >= 15 is 0 Å². The van der Waals surface area contributed by atoms with Gasteiger partial charge in [0.25, 0.3) is 0 Å². The minimum Gasteiger partial charge on any atom is -0.494 e. The lowest BCUT2D eigenvalue weighted by atomic mass is 9.97. The lowest BCUT2D eigenvalue weighted by Crippen LogP contribution is -1.93. The van der Waals surface area contributed by atoms with E-state index in [-0.39, 0.29) is 17.1 Å². The highest BCUT2D eigenvalue weighted by Gasteiger charge is 2.13. The van der Waals surface area contributed by atoms with Crippen molar-refractivity contribution in [1.29, 1.82) is 0 Å². The van der Waals surface area contributed by atoms with Crippen LogP contribution in [0.15, 0.2) is 54.6 Å². The first-order valence-electron chi connectivity index (χ1n) is 9.45. The van der Waals surface area contributed by atoms with Crippen molar-refractivity contribution in [3.8, 4) is 28.0 Å². The van der Waals surface area contributed by atoms with E-state index in [0.29, 0.717) is 16.7 Å². The monoisotopic (exact) mass is 384 g/mol. The zero-order chi connectivity index (χ0) is 20.1. The molecule has 0 aliphatic rings. The molecule has 4 heteroatoms. The Balaban J connectivity index is 1.87. The van der Waals surface area contributed by atoms with Gasteiger partial charge < -0.3 is 4.74 Å². The number of ether oxygens (including phenoxy) is 1. The number of benzene rings is 3. The van der Waals surface area contributed by atoms with Gasteiger partial charge in [-0.1, -0.05) is 50.1 Å². The molecule has 0 amide bonds. The normalized spacial score (nSPS) is 10.9. The van der Waals surface area contributed by atoms with Crippen LogP contribution in [0.1, 0.15) is 31.7 Å². The molecule has 146 valence electrons. The molecule has 0 atom stereocenters. The highest BCUT2D eigenvalue weighted by atomic mass is 19.1. The van der Waals surface area contributed by atoms with E-state index in [1.54, 1.807) is 24.3 Å². The second kappa shape index (κ2) is 8.96. The fourth-order valence-electron chi connectivity index (χ4n) is 3.28. The van der Waals surface area contributed by atoms with Crippen molar-refractivity contribution in [3.05, 3.63) is 77.6 Å². The van der Waals surface area contributed by atoms with Crippen LogP contribution in [0.5, 0.6) is 5.75 Å². The largest absolute Gasteiger partial charge is 0.494 e. The van der Waals surface area contributed by atoms with Gasteiger partial charge in [0, 0.05) is 11.1 Å². The number of rotatable bonds is 7. The first-order chi connectivity index (χ1) is 13.5. The van der Waals surface area contributed by atoms with E-state index in [9.17, 15) is 13.2 Å². The number of aryl methyl sites for hydroxylation is 1. The Morgan fingerprint density at radius 3 is 1.89 bits per heavy atom. The number of methoxy groups -OCH3 is 1. The molecule has 0 N–H and O–H groups in total. The average molecular weight is 384 g/mol. The molecule has 0 aromatic heterocycles. The third-order valence-electron chi connectivity index (χ3n) is 4.85. The minimum absolute atomic E-state index is 0.0990. The predicted octanol–water partition coefficient (Wildman–Crippen LogP) is 7.18. The summed E-state index contributed by atoms with van der Waals surface area (Å²) in [5, 5.41) is 0. The Morgan fingerprint density at radius 1 is 0.714 bits per heavy atom. The topological polar surface area (TPSA) is 9.23 Å². The quantitative estimate of drug-likeness (QED) is 0.392. The number of hydrogen-bond acceptors (Lipinski definition) is 1. The predicted molar refractivity (Wildman–Crippen MR) is 107 cm³/mol. The van der Waals surface area contributed by atoms with Gasteiger partial charge in [0.1, 0.15) is 11.6 Å². The minimum atomic E-state index is -0.562. The maximum atomic E-state index is 14.7. The Bertz CT molecular complexity index is 966. The second-order valence-corrected chi connectivity index (χ2v) is 6.82. The van der Waals surface area contributed by atoms with Crippen molar-refractivity contribution in [2.45, 2.75) is 32.6 Å². The standard InChI is InChI=1S/C24H23F3O/c1-3-4-5-6-16-7-10-19(21(25)13-16)17-8-11-20(22(26)14-17)18-9-12-24(28-2)23(27)15-18/h7-15H,3-6H2,1-2H3. The average Bonchev–Trinajstić information content (AvgIpc) is 2.68. The molecule has 3 aromatic carbocycles. The number of unbranched alkanes of at least 4 members (excludes halogenated alkanes) is 2. The molecule has 0 bridgehead atoms. The molecular weight excluding hydrogens is 361 g/mol. The van der Waals surface area contributed by atoms with Crippen molar-refractivity contribution in [2.24, 2.45) is 0 Å². The van der Waals surface area contributed by atoms with Gasteiger partial charge in [0.15, 0.2) is 11.6 Å². The zero-order valence-electron chi connectivity index (χ0n) is 16.1. The Kier molecular flexibility index (Phi) is 6.40. The van der Waals surface area contributed by atoms with E-state index in [2.05, 4.69) is 6.92 Å². The first-order valence-corrected chi connectivity index (χ1v) is 9.45. The van der Waals surface area contributed by atoms with Gasteiger partial charge in [-0.25, -0.2) is 13.2 Å². The van der Waals surface area contributed by atoms with Gasteiger partial charge >= 0.3 is 0 Å². The summed E-state index contributed by atoms with van der Waals surface area (Å²) < 4.78 is 48.0. The van der Waals surface area contributed by atoms with Crippen LogP contribution in [0.4, 0.5) is 13.2 Å². The van der Waals surface area contributed by atoms with E-state index in [0.717, 1.165) is 31.2 Å². The maximum Gasteiger partial charge on any atom is 0.165 e. The molecule has 0 radical (unpaired) electrons. The summed E-state index contributed by atoms with van der Waals surface area (Å²) in [5.74, 6) is -1.36. The van der Waals surface area contributed by atoms with E-state index in [1.165, 1.54) is 31.4 Å². The molecule has 28 heavy (non-hydrogen) atoms. The molecule has 1 nitrogen and oxygen atoms in total. The summed E-state index contributed by atoms with van der Waals surface area (Å²) >= 11 is 0. The van der Waals surface area contributed by atoms with Crippen LogP contribution in [0.25, 0.3) is 22.3 Å². The van der Waals surface area contributed by atoms with Crippen molar-refractivity contribution >= 4 is 0 Å². The summed E-state index contributed by atoms with van der Waals surface area (Å²) in [7, 11) is 1.37. The van der Waals surface area contributed by atoms with Crippen LogP contribution in [-0.4, -0.2) is 7.11 Å². The highest BCUT2D eigenvalue weighted by molar-refractivity contribution is 5.72. The third kappa shape index (κ3) is 4.38. The SMILES string of the molecule is CCCCCc1ccc(-c2ccc(-c3ccc(OC)c(F)c3)c(F)c2)c(F)c1. The molecule has 3 rings (SSSR count). The molecule has 0 aliphatic carbocycles. The van der Waals surface area contributed by atoms with Gasteiger partial charge in [-0.2, -0.15) is 0 Å². The summed E-state index contributed by atoms with van der Waals surface area (Å²) in [6.45, 7) is 2.13. The van der Waals surface area contributed by atoms with E-state index < -0.39 is 11.6 Å². The molecule has 0 saturated heterocycles. The van der Waals surface area contributed by atoms with Crippen molar-refractivity contribution < 1.29 is 17.9 Å². The summed E-state index contributed by atoms with van der Waals surface area (Å²) in [5.41, 5.74) is 2.40. The molecule has 0 aliphatic heterocycles. The molecular formula is C24H23F3O. The summed E-state index contributed by atoms with van der Waals surface area (Å²) in [6, 6.07) is 13.8. The molecule has 0 heterocycles. The Labute approximate surface area is 163 Å². The number of halogens is 3. The maximum absolute atomic E-state index is 14.7. The van der Waals surface area contributed by atoms with E-state index in [4.69, 9.17) is 4.74 Å². The molecule has 0 fully saturated rings. The Morgan fingerprint density at radius 2 is 1.32 bits per heavy atom. The van der Waals surface area contributed by atoms with Crippen molar-refractivity contribution in [3.63, 3.8) is 0 Å².